The second kappa shape index (κ2) is 5.16. The van der Waals surface area contributed by atoms with Crippen molar-refractivity contribution in [2.24, 2.45) is 0 Å². The van der Waals surface area contributed by atoms with Crippen molar-refractivity contribution in [1.82, 2.24) is 14.5 Å². The third-order valence-corrected chi connectivity index (χ3v) is 3.62. The number of anilines is 1. The number of fused-ring (bicyclic) bond motifs is 1. The van der Waals surface area contributed by atoms with Crippen LogP contribution in [0.15, 0.2) is 16.6 Å². The minimum Gasteiger partial charge on any atom is -0.369 e. The van der Waals surface area contributed by atoms with Gasteiger partial charge in [0.05, 0.1) is 15.5 Å². The van der Waals surface area contributed by atoms with Crippen molar-refractivity contribution >= 4 is 38.8 Å². The lowest BCUT2D eigenvalue weighted by Crippen LogP contribution is -2.30. The number of hydrogen-bond acceptors (Lipinski definition) is 3. The molecule has 1 aromatic heterocycles. The average molecular weight is 329 g/mol. The molecule has 2 rings (SSSR count). The molecular formula is C12H14BrFN4O. The summed E-state index contributed by atoms with van der Waals surface area (Å²) in [6.45, 7) is 2.59. The highest BCUT2D eigenvalue weighted by atomic mass is 79.9. The molecule has 0 saturated carbocycles. The van der Waals surface area contributed by atoms with Gasteiger partial charge < -0.3 is 15.2 Å². The standard InChI is InChI=1S/C12H14BrFN4O/c1-3-17(2)11(19)6-18-10-4-7(13)8(14)5-9(10)16-12(18)15/h4-5H,3,6H2,1-2H3,(H2,15,16). The van der Waals surface area contributed by atoms with E-state index in [9.17, 15) is 9.18 Å². The zero-order valence-corrected chi connectivity index (χ0v) is 12.2. The molecule has 5 nitrogen and oxygen atoms in total. The Hall–Kier alpha value is -1.63. The SMILES string of the molecule is CCN(C)C(=O)Cn1c(N)nc2cc(F)c(Br)cc21. The van der Waals surface area contributed by atoms with Crippen LogP contribution in [0.25, 0.3) is 11.0 Å². The van der Waals surface area contributed by atoms with Gasteiger partial charge in [-0.15, -0.1) is 0 Å². The van der Waals surface area contributed by atoms with Crippen LogP contribution in [0, 0.1) is 5.82 Å². The van der Waals surface area contributed by atoms with E-state index in [1.807, 2.05) is 6.92 Å². The maximum Gasteiger partial charge on any atom is 0.242 e. The van der Waals surface area contributed by atoms with E-state index < -0.39 is 5.82 Å². The quantitative estimate of drug-likeness (QED) is 0.937. The molecule has 19 heavy (non-hydrogen) atoms. The van der Waals surface area contributed by atoms with Crippen LogP contribution in [0.3, 0.4) is 0 Å². The summed E-state index contributed by atoms with van der Waals surface area (Å²) in [4.78, 5) is 17.6. The maximum absolute atomic E-state index is 13.4. The van der Waals surface area contributed by atoms with Gasteiger partial charge in [-0.3, -0.25) is 4.79 Å². The molecule has 1 aromatic carbocycles. The van der Waals surface area contributed by atoms with E-state index >= 15 is 0 Å². The maximum atomic E-state index is 13.4. The van der Waals surface area contributed by atoms with E-state index in [-0.39, 0.29) is 18.4 Å². The second-order valence-electron chi connectivity index (χ2n) is 4.22. The molecule has 0 aliphatic heterocycles. The largest absolute Gasteiger partial charge is 0.369 e. The smallest absolute Gasteiger partial charge is 0.242 e. The number of amides is 1. The molecule has 1 amide bonds. The van der Waals surface area contributed by atoms with Crippen molar-refractivity contribution in [3.8, 4) is 0 Å². The van der Waals surface area contributed by atoms with Crippen LogP contribution in [-0.2, 0) is 11.3 Å². The molecule has 0 radical (unpaired) electrons. The number of imidazole rings is 1. The molecule has 0 atom stereocenters. The molecule has 0 aliphatic rings. The van der Waals surface area contributed by atoms with Crippen LogP contribution in [0.1, 0.15) is 6.92 Å². The predicted molar refractivity (Wildman–Crippen MR) is 75.1 cm³/mol. The second-order valence-corrected chi connectivity index (χ2v) is 5.07. The molecule has 0 bridgehead atoms. The Bertz CT molecular complexity index is 640. The predicted octanol–water partition coefficient (Wildman–Crippen LogP) is 2.00. The van der Waals surface area contributed by atoms with Gasteiger partial charge in [-0.05, 0) is 28.9 Å². The molecule has 102 valence electrons. The summed E-state index contributed by atoms with van der Waals surface area (Å²) in [5.41, 5.74) is 6.85. The lowest BCUT2D eigenvalue weighted by Gasteiger charge is -2.15. The van der Waals surface area contributed by atoms with Crippen LogP contribution in [0.5, 0.6) is 0 Å². The third kappa shape index (κ3) is 2.56. The molecule has 1 heterocycles. The van der Waals surface area contributed by atoms with Crippen molar-refractivity contribution in [2.75, 3.05) is 19.3 Å². The van der Waals surface area contributed by atoms with E-state index in [2.05, 4.69) is 20.9 Å². The zero-order valence-electron chi connectivity index (χ0n) is 10.7. The summed E-state index contributed by atoms with van der Waals surface area (Å²) in [5, 5.41) is 0. The van der Waals surface area contributed by atoms with Crippen LogP contribution in [0.2, 0.25) is 0 Å². The third-order valence-electron chi connectivity index (χ3n) is 3.01. The molecule has 0 unspecified atom stereocenters. The Morgan fingerprint density at radius 3 is 2.89 bits per heavy atom. The van der Waals surface area contributed by atoms with Crippen LogP contribution in [0.4, 0.5) is 10.3 Å². The Morgan fingerprint density at radius 1 is 1.58 bits per heavy atom. The van der Waals surface area contributed by atoms with Gasteiger partial charge in [-0.1, -0.05) is 0 Å². The number of carbonyl (C=O) groups excluding carboxylic acids is 1. The molecule has 0 aliphatic carbocycles. The van der Waals surface area contributed by atoms with E-state index in [4.69, 9.17) is 5.73 Å². The van der Waals surface area contributed by atoms with Gasteiger partial charge in [0, 0.05) is 19.7 Å². The summed E-state index contributed by atoms with van der Waals surface area (Å²) in [5.74, 6) is -0.284. The van der Waals surface area contributed by atoms with Crippen LogP contribution < -0.4 is 5.73 Å². The van der Waals surface area contributed by atoms with Crippen molar-refractivity contribution in [3.63, 3.8) is 0 Å². The molecule has 7 heteroatoms. The Balaban J connectivity index is 2.45. The Morgan fingerprint density at radius 2 is 2.26 bits per heavy atom. The van der Waals surface area contributed by atoms with Crippen LogP contribution >= 0.6 is 15.9 Å². The van der Waals surface area contributed by atoms with E-state index in [0.29, 0.717) is 22.1 Å². The number of carbonyl (C=O) groups is 1. The first-order chi connectivity index (χ1) is 8.93. The summed E-state index contributed by atoms with van der Waals surface area (Å²) in [7, 11) is 1.72. The van der Waals surface area contributed by atoms with Gasteiger partial charge in [0.15, 0.2) is 0 Å². The van der Waals surface area contributed by atoms with Gasteiger partial charge in [-0.2, -0.15) is 0 Å². The minimum absolute atomic E-state index is 0.0750. The number of halogens is 2. The van der Waals surface area contributed by atoms with Crippen molar-refractivity contribution < 1.29 is 9.18 Å². The van der Waals surface area contributed by atoms with E-state index in [1.165, 1.54) is 6.07 Å². The molecule has 0 spiro atoms. The topological polar surface area (TPSA) is 64.2 Å². The first-order valence-electron chi connectivity index (χ1n) is 5.78. The van der Waals surface area contributed by atoms with Crippen molar-refractivity contribution in [1.29, 1.82) is 0 Å². The van der Waals surface area contributed by atoms with Gasteiger partial charge in [-0.25, -0.2) is 9.37 Å². The number of rotatable bonds is 3. The van der Waals surface area contributed by atoms with Crippen LogP contribution in [-0.4, -0.2) is 34.0 Å². The number of benzene rings is 1. The number of nitrogens with two attached hydrogens (primary N) is 1. The summed E-state index contributed by atoms with van der Waals surface area (Å²) >= 11 is 3.12. The van der Waals surface area contributed by atoms with Crippen molar-refractivity contribution in [2.45, 2.75) is 13.5 Å². The molecule has 2 N–H and O–H groups in total. The molecule has 0 fully saturated rings. The van der Waals surface area contributed by atoms with Gasteiger partial charge >= 0.3 is 0 Å². The highest BCUT2D eigenvalue weighted by molar-refractivity contribution is 9.10. The number of likely N-dealkylation sites (N-methyl/N-ethyl adjacent to an activating group) is 1. The first-order valence-corrected chi connectivity index (χ1v) is 6.58. The van der Waals surface area contributed by atoms with Gasteiger partial charge in [0.2, 0.25) is 11.9 Å². The summed E-state index contributed by atoms with van der Waals surface area (Å²) in [6.07, 6.45) is 0. The number of aromatic nitrogens is 2. The molecule has 0 saturated heterocycles. The first kappa shape index (κ1) is 13.8. The Kier molecular flexibility index (Phi) is 3.75. The minimum atomic E-state index is -0.408. The fourth-order valence-corrected chi connectivity index (χ4v) is 2.07. The zero-order chi connectivity index (χ0) is 14.2. The Labute approximate surface area is 118 Å². The number of nitrogens with zero attached hydrogens (tertiary/aromatic N) is 3. The summed E-state index contributed by atoms with van der Waals surface area (Å²) in [6, 6.07) is 2.87. The van der Waals surface area contributed by atoms with Gasteiger partial charge in [0.1, 0.15) is 12.4 Å². The lowest BCUT2D eigenvalue weighted by molar-refractivity contribution is -0.130. The normalized spacial score (nSPS) is 10.9. The molecular weight excluding hydrogens is 315 g/mol. The summed E-state index contributed by atoms with van der Waals surface area (Å²) < 4.78 is 15.3. The number of hydrogen-bond donors (Lipinski definition) is 1. The van der Waals surface area contributed by atoms with E-state index in [1.54, 1.807) is 22.6 Å². The fraction of sp³-hybridized carbons (Fsp3) is 0.333. The highest BCUT2D eigenvalue weighted by Gasteiger charge is 2.15. The van der Waals surface area contributed by atoms with Gasteiger partial charge in [0.25, 0.3) is 0 Å². The fourth-order valence-electron chi connectivity index (χ4n) is 1.74. The highest BCUT2D eigenvalue weighted by Crippen LogP contribution is 2.25. The monoisotopic (exact) mass is 328 g/mol. The average Bonchev–Trinajstić information content (AvgIpc) is 2.65. The molecule has 2 aromatic rings. The van der Waals surface area contributed by atoms with Crippen molar-refractivity contribution in [3.05, 3.63) is 22.4 Å². The number of nitrogen functional groups attached to an aromatic ring is 1. The van der Waals surface area contributed by atoms with E-state index in [0.717, 1.165) is 0 Å². The lowest BCUT2D eigenvalue weighted by atomic mass is 10.3.